The quantitative estimate of drug-likeness (QED) is 0.293. The van der Waals surface area contributed by atoms with Crippen LogP contribution in [-0.4, -0.2) is 54.6 Å². The number of nitrogens with two attached hydrogens (primary N) is 1. The molecule has 1 saturated heterocycles. The Balaban J connectivity index is 0.000000149. The van der Waals surface area contributed by atoms with Crippen LogP contribution in [-0.2, 0) is 0 Å². The van der Waals surface area contributed by atoms with Crippen molar-refractivity contribution in [3.05, 3.63) is 90.4 Å². The predicted octanol–water partition coefficient (Wildman–Crippen LogP) is 4.58. The molecule has 4 N–H and O–H groups in total. The number of halogens is 1. The van der Waals surface area contributed by atoms with E-state index >= 15 is 0 Å². The molecule has 0 bridgehead atoms. The number of ether oxygens (including phenoxy) is 1. The molecule has 0 radical (unpaired) electrons. The fourth-order valence-electron chi connectivity index (χ4n) is 3.48. The van der Waals surface area contributed by atoms with Crippen LogP contribution in [0.1, 0.15) is 10.4 Å². The highest BCUT2D eigenvalue weighted by Gasteiger charge is 2.23. The lowest BCUT2D eigenvalue weighted by molar-refractivity contribution is 0.112. The summed E-state index contributed by atoms with van der Waals surface area (Å²) in [5.74, 6) is 0.606. The first-order chi connectivity index (χ1) is 16.9. The van der Waals surface area contributed by atoms with Gasteiger partial charge in [-0.1, -0.05) is 30.3 Å². The summed E-state index contributed by atoms with van der Waals surface area (Å²) in [7, 11) is 3.83. The van der Waals surface area contributed by atoms with Gasteiger partial charge in [0.1, 0.15) is 29.1 Å². The van der Waals surface area contributed by atoms with Gasteiger partial charge in [-0.05, 0) is 49.5 Å². The molecule has 1 aliphatic rings. The number of anilines is 2. The predicted molar refractivity (Wildman–Crippen MR) is 138 cm³/mol. The first kappa shape index (κ1) is 25.5. The molecule has 0 saturated carbocycles. The number of methoxy groups -OCH3 is 1. The number of nitrogens with zero attached hydrogens (tertiary/aromatic N) is 2. The molecule has 4 aromatic rings. The molecule has 5 rings (SSSR count). The molecule has 1 aromatic heterocycles. The van der Waals surface area contributed by atoms with E-state index in [9.17, 15) is 14.3 Å². The summed E-state index contributed by atoms with van der Waals surface area (Å²) in [5.41, 5.74) is 7.26. The molecule has 2 heterocycles. The molecule has 0 atom stereocenters. The number of likely N-dealkylation sites (N-methyl/N-ethyl adjacent to an activating group) is 1. The van der Waals surface area contributed by atoms with Gasteiger partial charge in [0.05, 0.1) is 24.5 Å². The lowest BCUT2D eigenvalue weighted by Crippen LogP contribution is -2.52. The summed E-state index contributed by atoms with van der Waals surface area (Å²) in [6, 6.07) is 21.6. The highest BCUT2D eigenvalue weighted by atomic mass is 19.1. The Morgan fingerprint density at radius 2 is 1.86 bits per heavy atom. The second-order valence-corrected chi connectivity index (χ2v) is 8.01. The Hall–Kier alpha value is -4.17. The van der Waals surface area contributed by atoms with E-state index in [-0.39, 0.29) is 11.4 Å². The number of aldehydes is 1. The molecule has 3 aromatic carbocycles. The molecule has 182 valence electrons. The van der Waals surface area contributed by atoms with Gasteiger partial charge < -0.3 is 25.8 Å². The Bertz CT molecular complexity index is 1260. The average Bonchev–Trinajstić information content (AvgIpc) is 2.86. The Kier molecular flexibility index (Phi) is 8.97. The number of aromatic nitrogens is 1. The monoisotopic (exact) mass is 476 g/mol. The van der Waals surface area contributed by atoms with E-state index in [2.05, 4.69) is 28.3 Å². The molecule has 7 nitrogen and oxygen atoms in total. The van der Waals surface area contributed by atoms with E-state index < -0.39 is 5.82 Å². The molecule has 1 fully saturated rings. The smallest absolute Gasteiger partial charge is 0.150 e. The third kappa shape index (κ3) is 7.15. The first-order valence-corrected chi connectivity index (χ1v) is 11.0. The largest absolute Gasteiger partial charge is 0.506 e. The number of carbonyl (C=O) groups is 1. The van der Waals surface area contributed by atoms with Gasteiger partial charge in [0, 0.05) is 30.2 Å². The normalized spacial score (nSPS) is 12.9. The minimum atomic E-state index is -0.551. The second kappa shape index (κ2) is 12.3. The number of benzene rings is 3. The third-order valence-electron chi connectivity index (χ3n) is 5.30. The molecular formula is C27H29FN4O3. The zero-order chi connectivity index (χ0) is 25.2. The third-order valence-corrected chi connectivity index (χ3v) is 5.30. The number of rotatable bonds is 4. The number of para-hydroxylation sites is 3. The summed E-state index contributed by atoms with van der Waals surface area (Å²) >= 11 is 0. The number of nitrogen functional groups attached to an aromatic ring is 1. The lowest BCUT2D eigenvalue weighted by atomic mass is 10.1. The lowest BCUT2D eigenvalue weighted by Gasteiger charge is -2.37. The number of carbonyl (C=O) groups excluding carboxylic acids is 1. The number of pyridine rings is 1. The minimum absolute atomic E-state index is 0.0607. The van der Waals surface area contributed by atoms with E-state index in [0.717, 1.165) is 36.0 Å². The van der Waals surface area contributed by atoms with E-state index in [1.165, 1.54) is 12.1 Å². The van der Waals surface area contributed by atoms with Crippen LogP contribution in [0.4, 0.5) is 15.8 Å². The van der Waals surface area contributed by atoms with E-state index in [0.29, 0.717) is 23.4 Å². The van der Waals surface area contributed by atoms with Crippen LogP contribution < -0.4 is 15.8 Å². The standard InChI is InChI=1S/C11H16N2O.C9H7NO.C7H6FNO/c1-13-7-9(8-13)12-10-5-3-4-6-11(10)14-2;11-8-5-1-3-7-4-2-6-10-9(7)8;8-6-3-5(4-10)1-2-7(6)9/h3-6,9,12H,7-8H2,1-2H3;1-6,11H;1-4H,9H2. The number of aromatic hydroxyl groups is 1. The van der Waals surface area contributed by atoms with Crippen molar-refractivity contribution in [3.8, 4) is 11.5 Å². The van der Waals surface area contributed by atoms with Gasteiger partial charge in [-0.2, -0.15) is 0 Å². The molecular weight excluding hydrogens is 447 g/mol. The Labute approximate surface area is 204 Å². The summed E-state index contributed by atoms with van der Waals surface area (Å²) in [6.45, 7) is 2.22. The number of hydrogen-bond donors (Lipinski definition) is 3. The number of likely N-dealkylation sites (tertiary alicyclic amines) is 1. The summed E-state index contributed by atoms with van der Waals surface area (Å²) < 4.78 is 17.7. The number of fused-ring (bicyclic) bond motifs is 1. The molecule has 1 aliphatic heterocycles. The van der Waals surface area contributed by atoms with Crippen molar-refractivity contribution in [1.82, 2.24) is 9.88 Å². The molecule has 0 unspecified atom stereocenters. The van der Waals surface area contributed by atoms with Crippen molar-refractivity contribution in [3.63, 3.8) is 0 Å². The summed E-state index contributed by atoms with van der Waals surface area (Å²) in [6.07, 6.45) is 2.24. The highest BCUT2D eigenvalue weighted by Crippen LogP contribution is 2.25. The van der Waals surface area contributed by atoms with Gasteiger partial charge in [0.15, 0.2) is 0 Å². The van der Waals surface area contributed by atoms with E-state index in [4.69, 9.17) is 10.5 Å². The van der Waals surface area contributed by atoms with Crippen molar-refractivity contribution in [1.29, 1.82) is 0 Å². The maximum atomic E-state index is 12.5. The maximum Gasteiger partial charge on any atom is 0.150 e. The van der Waals surface area contributed by atoms with Crippen LogP contribution in [0.3, 0.4) is 0 Å². The molecule has 0 spiro atoms. The minimum Gasteiger partial charge on any atom is -0.506 e. The van der Waals surface area contributed by atoms with Crippen molar-refractivity contribution in [2.24, 2.45) is 0 Å². The fourth-order valence-corrected chi connectivity index (χ4v) is 3.48. The highest BCUT2D eigenvalue weighted by molar-refractivity contribution is 5.83. The number of phenols is 1. The zero-order valence-electron chi connectivity index (χ0n) is 19.7. The first-order valence-electron chi connectivity index (χ1n) is 11.0. The van der Waals surface area contributed by atoms with Crippen LogP contribution in [0.25, 0.3) is 10.9 Å². The van der Waals surface area contributed by atoms with Gasteiger partial charge in [0.25, 0.3) is 0 Å². The van der Waals surface area contributed by atoms with Crippen LogP contribution in [0.2, 0.25) is 0 Å². The molecule has 0 aliphatic carbocycles. The average molecular weight is 477 g/mol. The van der Waals surface area contributed by atoms with Crippen LogP contribution >= 0.6 is 0 Å². The van der Waals surface area contributed by atoms with E-state index in [1.54, 1.807) is 25.4 Å². The van der Waals surface area contributed by atoms with Gasteiger partial charge >= 0.3 is 0 Å². The molecule has 0 amide bonds. The molecule has 35 heavy (non-hydrogen) atoms. The topological polar surface area (TPSA) is 101 Å². The van der Waals surface area contributed by atoms with E-state index in [1.807, 2.05) is 36.4 Å². The van der Waals surface area contributed by atoms with Crippen molar-refractivity contribution in [2.75, 3.05) is 38.3 Å². The Morgan fingerprint density at radius 3 is 2.51 bits per heavy atom. The number of hydrogen-bond acceptors (Lipinski definition) is 7. The summed E-state index contributed by atoms with van der Waals surface area (Å²) in [5, 5.41) is 13.7. The van der Waals surface area contributed by atoms with Crippen molar-refractivity contribution in [2.45, 2.75) is 6.04 Å². The van der Waals surface area contributed by atoms with Crippen molar-refractivity contribution >= 4 is 28.6 Å². The van der Waals surface area contributed by atoms with Gasteiger partial charge in [-0.3, -0.25) is 9.78 Å². The van der Waals surface area contributed by atoms with Crippen LogP contribution in [0.15, 0.2) is 79.0 Å². The fraction of sp³-hybridized carbons (Fsp3) is 0.185. The zero-order valence-corrected chi connectivity index (χ0v) is 19.7. The van der Waals surface area contributed by atoms with Crippen LogP contribution in [0, 0.1) is 5.82 Å². The Morgan fingerprint density at radius 1 is 1.11 bits per heavy atom. The maximum absolute atomic E-state index is 12.5. The van der Waals surface area contributed by atoms with Gasteiger partial charge in [0.2, 0.25) is 0 Å². The van der Waals surface area contributed by atoms with Gasteiger partial charge in [-0.15, -0.1) is 0 Å². The summed E-state index contributed by atoms with van der Waals surface area (Å²) in [4.78, 5) is 16.4. The van der Waals surface area contributed by atoms with Crippen LogP contribution in [0.5, 0.6) is 11.5 Å². The number of nitrogens with one attached hydrogen (secondary N) is 1. The van der Waals surface area contributed by atoms with Crippen molar-refractivity contribution < 1.29 is 19.0 Å². The number of phenolic OH excluding ortho intramolecular Hbond substituents is 1. The van der Waals surface area contributed by atoms with Gasteiger partial charge in [-0.25, -0.2) is 4.39 Å². The molecule has 8 heteroatoms. The SMILES string of the molecule is COc1ccccc1NC1CN(C)C1.Nc1ccc(C=O)cc1F.Oc1cccc2cccnc12. The second-order valence-electron chi connectivity index (χ2n) is 8.01.